The molecular formula is C23H31F2N5O2. The van der Waals surface area contributed by atoms with E-state index in [2.05, 4.69) is 19.9 Å². The Bertz CT molecular complexity index is 888. The van der Waals surface area contributed by atoms with Gasteiger partial charge >= 0.3 is 6.61 Å². The van der Waals surface area contributed by atoms with Gasteiger partial charge in [-0.1, -0.05) is 0 Å². The predicted octanol–water partition coefficient (Wildman–Crippen LogP) is 2.87. The van der Waals surface area contributed by atoms with Crippen molar-refractivity contribution in [2.24, 2.45) is 23.7 Å². The topological polar surface area (TPSA) is 96.5 Å². The van der Waals surface area contributed by atoms with Crippen molar-refractivity contribution in [1.29, 1.82) is 5.41 Å². The molecule has 1 aliphatic heterocycles. The lowest BCUT2D eigenvalue weighted by atomic mass is 9.98. The lowest BCUT2D eigenvalue weighted by Crippen LogP contribution is -2.55. The highest BCUT2D eigenvalue weighted by Crippen LogP contribution is 2.61. The van der Waals surface area contributed by atoms with E-state index in [1.54, 1.807) is 7.11 Å². The van der Waals surface area contributed by atoms with E-state index in [-0.39, 0.29) is 17.3 Å². The highest BCUT2D eigenvalue weighted by molar-refractivity contribution is 6.07. The number of fused-ring (bicyclic) bond motifs is 1. The van der Waals surface area contributed by atoms with Crippen LogP contribution >= 0.6 is 0 Å². The number of methoxy groups -OCH3 is 1. The first-order chi connectivity index (χ1) is 15.4. The molecule has 0 bridgehead atoms. The summed E-state index contributed by atoms with van der Waals surface area (Å²) in [5, 5.41) is 12.2. The predicted molar refractivity (Wildman–Crippen MR) is 117 cm³/mol. The first-order valence-corrected chi connectivity index (χ1v) is 11.4. The number of allylic oxidation sites excluding steroid dienone is 2. The maximum Gasteiger partial charge on any atom is 0.387 e. The standard InChI is InChI=1S/C23H31F2N5O2/c1-31-15-10-30(11-15)14-5-16-17(6-14)21(16)19(28-8-12-2-3-12)7-18(26)13-4-20(32-23(24)25)22(27)29-9-13/h4,7,9,12,14-17,21,23,26,28H,2-3,5-6,8,10-11H2,1H3,(H2,27,29)/b19-7-,26-18?/t14?,16-,17+,21+. The van der Waals surface area contributed by atoms with Crippen LogP contribution in [0.15, 0.2) is 24.0 Å². The number of rotatable bonds is 10. The highest BCUT2D eigenvalue weighted by atomic mass is 19.3. The lowest BCUT2D eigenvalue weighted by Gasteiger charge is -2.43. The zero-order chi connectivity index (χ0) is 22.4. The van der Waals surface area contributed by atoms with Gasteiger partial charge in [-0.2, -0.15) is 8.78 Å². The van der Waals surface area contributed by atoms with Crippen molar-refractivity contribution in [1.82, 2.24) is 15.2 Å². The Kier molecular flexibility index (Phi) is 5.79. The van der Waals surface area contributed by atoms with Gasteiger partial charge in [0.2, 0.25) is 0 Å². The number of likely N-dealkylation sites (tertiary alicyclic amines) is 1. The van der Waals surface area contributed by atoms with Crippen molar-refractivity contribution in [2.45, 2.75) is 44.4 Å². The van der Waals surface area contributed by atoms with E-state index >= 15 is 0 Å². The number of ether oxygens (including phenoxy) is 2. The number of aromatic nitrogens is 1. The minimum absolute atomic E-state index is 0.109. The second-order valence-electron chi connectivity index (χ2n) is 9.61. The largest absolute Gasteiger partial charge is 0.431 e. The molecular weight excluding hydrogens is 416 g/mol. The SMILES string of the molecule is COC1CN(C2C[C@@H]3[C@H](C2)[C@H]3/C(=C/C(=N)c2cnc(N)c(OC(F)F)c2)NCC2CC2)C1. The van der Waals surface area contributed by atoms with Crippen molar-refractivity contribution in [3.05, 3.63) is 29.6 Å². The molecule has 32 heavy (non-hydrogen) atoms. The number of pyridine rings is 1. The zero-order valence-electron chi connectivity index (χ0n) is 18.3. The number of halogens is 2. The third-order valence-electron chi connectivity index (χ3n) is 7.51. The Labute approximate surface area is 186 Å². The summed E-state index contributed by atoms with van der Waals surface area (Å²) >= 11 is 0. The van der Waals surface area contributed by atoms with Crippen LogP contribution in [0.5, 0.6) is 5.75 Å². The fraction of sp³-hybridized carbons (Fsp3) is 0.652. The van der Waals surface area contributed by atoms with Gasteiger partial charge in [-0.25, -0.2) is 4.98 Å². The molecule has 1 unspecified atom stereocenters. The summed E-state index contributed by atoms with van der Waals surface area (Å²) in [6.07, 6.45) is 8.56. The van der Waals surface area contributed by atoms with Crippen LogP contribution in [-0.2, 0) is 4.74 Å². The minimum atomic E-state index is -2.99. The van der Waals surface area contributed by atoms with Gasteiger partial charge in [-0.15, -0.1) is 0 Å². The van der Waals surface area contributed by atoms with Crippen LogP contribution in [0.4, 0.5) is 14.6 Å². The quantitative estimate of drug-likeness (QED) is 0.478. The van der Waals surface area contributed by atoms with Crippen LogP contribution in [0.25, 0.3) is 0 Å². The average Bonchev–Trinajstić information content (AvgIpc) is 3.63. The third kappa shape index (κ3) is 4.45. The van der Waals surface area contributed by atoms with Crippen LogP contribution in [0.2, 0.25) is 0 Å². The summed E-state index contributed by atoms with van der Waals surface area (Å²) in [7, 11) is 1.78. The van der Waals surface area contributed by atoms with Crippen molar-refractivity contribution in [3.8, 4) is 5.75 Å². The minimum Gasteiger partial charge on any atom is -0.431 e. The molecule has 3 saturated carbocycles. The van der Waals surface area contributed by atoms with Crippen molar-refractivity contribution >= 4 is 11.5 Å². The van der Waals surface area contributed by atoms with E-state index in [1.165, 1.54) is 37.9 Å². The summed E-state index contributed by atoms with van der Waals surface area (Å²) < 4.78 is 35.1. The Hall–Kier alpha value is -2.26. The number of anilines is 1. The monoisotopic (exact) mass is 447 g/mol. The van der Waals surface area contributed by atoms with Gasteiger partial charge in [0.25, 0.3) is 0 Å². The Balaban J connectivity index is 1.26. The normalized spacial score (nSPS) is 30.2. The van der Waals surface area contributed by atoms with Gasteiger partial charge in [-0.05, 0) is 55.6 Å². The molecule has 9 heteroatoms. The van der Waals surface area contributed by atoms with E-state index in [1.807, 2.05) is 6.08 Å². The molecule has 0 amide bonds. The number of hydrogen-bond acceptors (Lipinski definition) is 7. The Morgan fingerprint density at radius 2 is 2.06 bits per heavy atom. The number of nitrogens with one attached hydrogen (secondary N) is 2. The number of nitrogens with zero attached hydrogens (tertiary/aromatic N) is 2. The maximum absolute atomic E-state index is 12.6. The summed E-state index contributed by atoms with van der Waals surface area (Å²) in [5.74, 6) is 2.16. The zero-order valence-corrected chi connectivity index (χ0v) is 18.3. The van der Waals surface area contributed by atoms with Crippen molar-refractivity contribution in [3.63, 3.8) is 0 Å². The number of nitrogen functional groups attached to an aromatic ring is 1. The fourth-order valence-electron chi connectivity index (χ4n) is 5.37. The lowest BCUT2D eigenvalue weighted by molar-refractivity contribution is -0.0519. The first kappa shape index (κ1) is 21.6. The Morgan fingerprint density at radius 1 is 1.34 bits per heavy atom. The number of alkyl halides is 2. The molecule has 1 aromatic heterocycles. The summed E-state index contributed by atoms with van der Waals surface area (Å²) in [4.78, 5) is 6.47. The van der Waals surface area contributed by atoms with Crippen molar-refractivity contribution in [2.75, 3.05) is 32.5 Å². The molecule has 0 aromatic carbocycles. The number of nitrogens with two attached hydrogens (primary N) is 1. The second-order valence-corrected chi connectivity index (χ2v) is 9.61. The molecule has 7 nitrogen and oxygen atoms in total. The second kappa shape index (κ2) is 8.59. The van der Waals surface area contributed by atoms with Gasteiger partial charge in [0.1, 0.15) is 0 Å². The Morgan fingerprint density at radius 3 is 2.69 bits per heavy atom. The van der Waals surface area contributed by atoms with E-state index in [0.29, 0.717) is 35.5 Å². The van der Waals surface area contributed by atoms with Gasteiger partial charge < -0.3 is 25.9 Å². The van der Waals surface area contributed by atoms with Gasteiger partial charge in [0.05, 0.1) is 11.8 Å². The van der Waals surface area contributed by atoms with Gasteiger partial charge in [0, 0.05) is 56.2 Å². The van der Waals surface area contributed by atoms with Crippen LogP contribution in [0.1, 0.15) is 31.2 Å². The van der Waals surface area contributed by atoms with Gasteiger partial charge in [0.15, 0.2) is 11.6 Å². The molecule has 3 aliphatic carbocycles. The van der Waals surface area contributed by atoms with Crippen LogP contribution in [0.3, 0.4) is 0 Å². The van der Waals surface area contributed by atoms with E-state index in [9.17, 15) is 8.78 Å². The average molecular weight is 448 g/mol. The molecule has 4 atom stereocenters. The number of hydrogen-bond donors (Lipinski definition) is 3. The maximum atomic E-state index is 12.6. The molecule has 5 rings (SSSR count). The third-order valence-corrected chi connectivity index (χ3v) is 7.51. The summed E-state index contributed by atoms with van der Waals surface area (Å²) in [5.41, 5.74) is 7.37. The van der Waals surface area contributed by atoms with E-state index in [4.69, 9.17) is 15.9 Å². The highest BCUT2D eigenvalue weighted by Gasteiger charge is 2.59. The molecule has 4 aliphatic rings. The summed E-state index contributed by atoms with van der Waals surface area (Å²) in [6.45, 7) is 0.0104. The molecule has 2 heterocycles. The molecule has 4 fully saturated rings. The molecule has 4 N–H and O–H groups in total. The molecule has 1 aromatic rings. The van der Waals surface area contributed by atoms with E-state index in [0.717, 1.165) is 31.2 Å². The smallest absolute Gasteiger partial charge is 0.387 e. The molecule has 0 radical (unpaired) electrons. The molecule has 0 spiro atoms. The summed E-state index contributed by atoms with van der Waals surface area (Å²) in [6, 6.07) is 2.01. The van der Waals surface area contributed by atoms with Crippen LogP contribution < -0.4 is 15.8 Å². The van der Waals surface area contributed by atoms with Crippen molar-refractivity contribution < 1.29 is 18.3 Å². The fourth-order valence-corrected chi connectivity index (χ4v) is 5.37. The van der Waals surface area contributed by atoms with Crippen LogP contribution in [-0.4, -0.2) is 61.1 Å². The van der Waals surface area contributed by atoms with Crippen LogP contribution in [0, 0.1) is 29.1 Å². The molecule has 1 saturated heterocycles. The first-order valence-electron chi connectivity index (χ1n) is 11.4. The molecule has 174 valence electrons. The van der Waals surface area contributed by atoms with Gasteiger partial charge in [-0.3, -0.25) is 4.90 Å². The van der Waals surface area contributed by atoms with E-state index < -0.39 is 6.61 Å².